The molecule has 0 aromatic heterocycles. The van der Waals surface area contributed by atoms with Crippen LogP contribution in [0.5, 0.6) is 0 Å². The van der Waals surface area contributed by atoms with Crippen LogP contribution in [0.15, 0.2) is 18.2 Å². The highest BCUT2D eigenvalue weighted by molar-refractivity contribution is 7.80. The van der Waals surface area contributed by atoms with E-state index in [9.17, 15) is 4.39 Å². The van der Waals surface area contributed by atoms with Crippen molar-refractivity contribution >= 4 is 17.2 Å². The Balaban J connectivity index is 2.13. The van der Waals surface area contributed by atoms with Crippen molar-refractivity contribution < 1.29 is 4.39 Å². The molecular weight excluding hydrogens is 271 g/mol. The van der Waals surface area contributed by atoms with Gasteiger partial charge < -0.3 is 5.73 Å². The molecule has 1 aromatic carbocycles. The predicted octanol–water partition coefficient (Wildman–Crippen LogP) is 3.47. The number of benzene rings is 1. The van der Waals surface area contributed by atoms with Crippen LogP contribution in [-0.2, 0) is 6.54 Å². The number of nitrogens with two attached hydrogens (primary N) is 1. The number of hydrogen-bond acceptors (Lipinski definition) is 2. The summed E-state index contributed by atoms with van der Waals surface area (Å²) < 4.78 is 14.4. The zero-order valence-corrected chi connectivity index (χ0v) is 13.0. The van der Waals surface area contributed by atoms with Crippen molar-refractivity contribution in [3.8, 4) is 0 Å². The Morgan fingerprint density at radius 2 is 2.10 bits per heavy atom. The van der Waals surface area contributed by atoms with Gasteiger partial charge in [0.2, 0.25) is 0 Å². The molecule has 0 heterocycles. The Labute approximate surface area is 126 Å². The van der Waals surface area contributed by atoms with Crippen molar-refractivity contribution in [3.63, 3.8) is 0 Å². The van der Waals surface area contributed by atoms with Crippen LogP contribution >= 0.6 is 12.2 Å². The Kier molecular flexibility index (Phi) is 5.11. The molecule has 110 valence electrons. The first-order chi connectivity index (χ1) is 9.50. The smallest absolute Gasteiger partial charge is 0.137 e. The molecule has 1 saturated carbocycles. The third-order valence-corrected chi connectivity index (χ3v) is 4.62. The first kappa shape index (κ1) is 15.4. The Bertz CT molecular complexity index is 489. The maximum absolute atomic E-state index is 14.4. The highest BCUT2D eigenvalue weighted by atomic mass is 32.1. The fourth-order valence-corrected chi connectivity index (χ4v) is 3.39. The second-order valence-electron chi connectivity index (χ2n) is 5.89. The standard InChI is InChI=1S/C16H23FN2S/c1-11-6-3-4-9-14(11)19(2)10-12-7-5-8-13(15(12)17)16(18)20/h5,7-8,11,14H,3-4,6,9-10H2,1-2H3,(H2,18,20). The van der Waals surface area contributed by atoms with Crippen LogP contribution in [0.1, 0.15) is 43.7 Å². The van der Waals surface area contributed by atoms with E-state index < -0.39 is 0 Å². The highest BCUT2D eigenvalue weighted by Gasteiger charge is 2.25. The molecule has 1 fully saturated rings. The summed E-state index contributed by atoms with van der Waals surface area (Å²) in [5.41, 5.74) is 6.58. The molecule has 2 unspecified atom stereocenters. The monoisotopic (exact) mass is 294 g/mol. The topological polar surface area (TPSA) is 29.3 Å². The fraction of sp³-hybridized carbons (Fsp3) is 0.562. The van der Waals surface area contributed by atoms with E-state index in [1.807, 2.05) is 12.1 Å². The normalized spacial score (nSPS) is 23.0. The lowest BCUT2D eigenvalue weighted by Crippen LogP contribution is -2.38. The molecule has 0 spiro atoms. The van der Waals surface area contributed by atoms with Gasteiger partial charge in [-0.25, -0.2) is 4.39 Å². The van der Waals surface area contributed by atoms with Gasteiger partial charge in [-0.3, -0.25) is 4.90 Å². The first-order valence-corrected chi connectivity index (χ1v) is 7.69. The third kappa shape index (κ3) is 3.36. The molecule has 2 rings (SSSR count). The average Bonchev–Trinajstić information content (AvgIpc) is 2.41. The predicted molar refractivity (Wildman–Crippen MR) is 85.2 cm³/mol. The van der Waals surface area contributed by atoms with Crippen LogP contribution < -0.4 is 5.73 Å². The minimum atomic E-state index is -0.268. The van der Waals surface area contributed by atoms with Gasteiger partial charge in [-0.2, -0.15) is 0 Å². The third-order valence-electron chi connectivity index (χ3n) is 4.40. The number of halogens is 1. The molecule has 0 radical (unpaired) electrons. The summed E-state index contributed by atoms with van der Waals surface area (Å²) in [4.78, 5) is 2.39. The van der Waals surface area contributed by atoms with E-state index in [0.29, 0.717) is 29.6 Å². The van der Waals surface area contributed by atoms with Gasteiger partial charge in [0.1, 0.15) is 10.8 Å². The molecule has 20 heavy (non-hydrogen) atoms. The summed E-state index contributed by atoms with van der Waals surface area (Å²) in [5.74, 6) is 0.408. The molecule has 1 aliphatic rings. The van der Waals surface area contributed by atoms with Crippen LogP contribution in [0.2, 0.25) is 0 Å². The van der Waals surface area contributed by atoms with Gasteiger partial charge in [-0.05, 0) is 31.9 Å². The van der Waals surface area contributed by atoms with Gasteiger partial charge in [0, 0.05) is 23.7 Å². The number of nitrogens with zero attached hydrogens (tertiary/aromatic N) is 1. The maximum Gasteiger partial charge on any atom is 0.137 e. The minimum Gasteiger partial charge on any atom is -0.389 e. The summed E-state index contributed by atoms with van der Waals surface area (Å²) in [7, 11) is 2.08. The van der Waals surface area contributed by atoms with Crippen LogP contribution in [0.3, 0.4) is 0 Å². The lowest BCUT2D eigenvalue weighted by molar-refractivity contribution is 0.132. The van der Waals surface area contributed by atoms with E-state index in [1.54, 1.807) is 6.07 Å². The summed E-state index contributed by atoms with van der Waals surface area (Å²) >= 11 is 4.89. The van der Waals surface area contributed by atoms with Crippen molar-refractivity contribution in [2.45, 2.75) is 45.2 Å². The van der Waals surface area contributed by atoms with E-state index >= 15 is 0 Å². The Morgan fingerprint density at radius 1 is 1.40 bits per heavy atom. The molecule has 0 amide bonds. The number of thiocarbonyl (C=S) groups is 1. The summed E-state index contributed by atoms with van der Waals surface area (Å²) in [6.07, 6.45) is 5.06. The zero-order valence-electron chi connectivity index (χ0n) is 12.2. The van der Waals surface area contributed by atoms with E-state index in [2.05, 4.69) is 18.9 Å². The highest BCUT2D eigenvalue weighted by Crippen LogP contribution is 2.28. The van der Waals surface area contributed by atoms with Crippen molar-refractivity contribution in [2.24, 2.45) is 11.7 Å². The molecule has 1 aliphatic carbocycles. The lowest BCUT2D eigenvalue weighted by atomic mass is 9.85. The molecule has 0 aliphatic heterocycles. The van der Waals surface area contributed by atoms with Crippen LogP contribution in [-0.4, -0.2) is 23.0 Å². The van der Waals surface area contributed by atoms with Gasteiger partial charge in [-0.1, -0.05) is 44.1 Å². The molecule has 2 atom stereocenters. The lowest BCUT2D eigenvalue weighted by Gasteiger charge is -2.36. The second kappa shape index (κ2) is 6.64. The van der Waals surface area contributed by atoms with E-state index in [1.165, 1.54) is 25.7 Å². The first-order valence-electron chi connectivity index (χ1n) is 7.28. The van der Waals surface area contributed by atoms with Gasteiger partial charge in [0.15, 0.2) is 0 Å². The van der Waals surface area contributed by atoms with Crippen molar-refractivity contribution in [1.82, 2.24) is 4.90 Å². The zero-order chi connectivity index (χ0) is 14.7. The Morgan fingerprint density at radius 3 is 2.75 bits per heavy atom. The SMILES string of the molecule is CC1CCCCC1N(C)Cc1cccc(C(N)=S)c1F. The molecule has 0 saturated heterocycles. The largest absolute Gasteiger partial charge is 0.389 e. The van der Waals surface area contributed by atoms with E-state index in [0.717, 1.165) is 0 Å². The fourth-order valence-electron chi connectivity index (χ4n) is 3.23. The molecular formula is C16H23FN2S. The number of hydrogen-bond donors (Lipinski definition) is 1. The van der Waals surface area contributed by atoms with E-state index in [-0.39, 0.29) is 10.8 Å². The molecule has 0 bridgehead atoms. The summed E-state index contributed by atoms with van der Waals surface area (Å²) in [6.45, 7) is 2.90. The molecule has 2 nitrogen and oxygen atoms in total. The van der Waals surface area contributed by atoms with Crippen LogP contribution in [0.25, 0.3) is 0 Å². The van der Waals surface area contributed by atoms with Gasteiger partial charge in [-0.15, -0.1) is 0 Å². The van der Waals surface area contributed by atoms with Gasteiger partial charge in [0.25, 0.3) is 0 Å². The number of rotatable bonds is 4. The van der Waals surface area contributed by atoms with E-state index in [4.69, 9.17) is 18.0 Å². The summed E-state index contributed by atoms with van der Waals surface area (Å²) in [5, 5.41) is 0. The average molecular weight is 294 g/mol. The quantitative estimate of drug-likeness (QED) is 0.862. The maximum atomic E-state index is 14.4. The Hall–Kier alpha value is -1.00. The van der Waals surface area contributed by atoms with Gasteiger partial charge in [0.05, 0.1) is 0 Å². The van der Waals surface area contributed by atoms with Crippen molar-refractivity contribution in [2.75, 3.05) is 7.05 Å². The summed E-state index contributed by atoms with van der Waals surface area (Å²) in [6, 6.07) is 5.83. The second-order valence-corrected chi connectivity index (χ2v) is 6.33. The molecule has 2 N–H and O–H groups in total. The van der Waals surface area contributed by atoms with Gasteiger partial charge >= 0.3 is 0 Å². The van der Waals surface area contributed by atoms with Crippen molar-refractivity contribution in [1.29, 1.82) is 0 Å². The molecule has 1 aromatic rings. The molecule has 4 heteroatoms. The van der Waals surface area contributed by atoms with Crippen LogP contribution in [0.4, 0.5) is 4.39 Å². The minimum absolute atomic E-state index is 0.123. The van der Waals surface area contributed by atoms with Crippen LogP contribution in [0, 0.1) is 11.7 Å². The van der Waals surface area contributed by atoms with Crippen molar-refractivity contribution in [3.05, 3.63) is 35.1 Å².